The van der Waals surface area contributed by atoms with Crippen LogP contribution in [-0.4, -0.2) is 34.8 Å². The zero-order valence-electron chi connectivity index (χ0n) is 18.5. The Morgan fingerprint density at radius 3 is 2.61 bits per heavy atom. The highest BCUT2D eigenvalue weighted by atomic mass is 35.5. The number of rotatable bonds is 4. The van der Waals surface area contributed by atoms with Gasteiger partial charge < -0.3 is 5.73 Å². The molecule has 1 aromatic heterocycles. The third kappa shape index (κ3) is 3.23. The van der Waals surface area contributed by atoms with Crippen LogP contribution in [0.25, 0.3) is 0 Å². The average molecular weight is 496 g/mol. The number of nitrogens with zero attached hydrogens (tertiary/aromatic N) is 2. The van der Waals surface area contributed by atoms with Gasteiger partial charge in [0.25, 0.3) is 0 Å². The number of pyridine rings is 1. The fourth-order valence-corrected chi connectivity index (χ4v) is 7.66. The maximum atomic E-state index is 16.5. The van der Waals surface area contributed by atoms with Crippen LogP contribution < -0.4 is 5.73 Å². The maximum Gasteiger partial charge on any atom is 0.240 e. The van der Waals surface area contributed by atoms with Crippen LogP contribution in [0.15, 0.2) is 35.5 Å². The van der Waals surface area contributed by atoms with Gasteiger partial charge in [0.15, 0.2) is 5.78 Å². The number of nitrogens with two attached hydrogens (primary N) is 1. The van der Waals surface area contributed by atoms with E-state index in [2.05, 4.69) is 9.98 Å². The smallest absolute Gasteiger partial charge is 0.240 e. The number of aromatic nitrogens is 1. The number of aliphatic imine (C=N–C) groups is 1. The lowest BCUT2D eigenvalue weighted by Crippen LogP contribution is -2.68. The summed E-state index contributed by atoms with van der Waals surface area (Å²) in [5.41, 5.74) is 4.85. The van der Waals surface area contributed by atoms with Crippen molar-refractivity contribution in [2.75, 3.05) is 0 Å². The summed E-state index contributed by atoms with van der Waals surface area (Å²) in [6.07, 6.45) is 1.29. The Labute approximate surface area is 196 Å². The number of benzene rings is 1. The van der Waals surface area contributed by atoms with E-state index in [1.54, 1.807) is 13.0 Å². The molecule has 10 heteroatoms. The van der Waals surface area contributed by atoms with Crippen molar-refractivity contribution in [3.8, 4) is 0 Å². The maximum absolute atomic E-state index is 16.5. The highest BCUT2D eigenvalue weighted by Crippen LogP contribution is 2.57. The zero-order chi connectivity index (χ0) is 24.4. The number of aryl methyl sites for hydroxylation is 1. The van der Waals surface area contributed by atoms with Crippen LogP contribution in [0.1, 0.15) is 60.3 Å². The average Bonchev–Trinajstić information content (AvgIpc) is 2.72. The number of fused-ring (bicyclic) bond motifs is 2. The van der Waals surface area contributed by atoms with Gasteiger partial charge in [0, 0.05) is 18.2 Å². The molecule has 3 heterocycles. The monoisotopic (exact) mass is 495 g/mol. The van der Waals surface area contributed by atoms with E-state index in [1.807, 2.05) is 0 Å². The van der Waals surface area contributed by atoms with Gasteiger partial charge >= 0.3 is 0 Å². The summed E-state index contributed by atoms with van der Waals surface area (Å²) in [4.78, 5) is 21.1. The summed E-state index contributed by atoms with van der Waals surface area (Å²) in [6, 6.07) is 5.38. The highest BCUT2D eigenvalue weighted by molar-refractivity contribution is 7.95. The lowest BCUT2D eigenvalue weighted by Gasteiger charge is -2.52. The number of carbonyl (C=O) groups excluding carboxylic acids is 1. The van der Waals surface area contributed by atoms with Gasteiger partial charge in [0.1, 0.15) is 27.6 Å². The largest absolute Gasteiger partial charge is 0.386 e. The number of hydrogen-bond acceptors (Lipinski definition) is 6. The Kier molecular flexibility index (Phi) is 5.44. The predicted octanol–water partition coefficient (Wildman–Crippen LogP) is 4.22. The third-order valence-corrected chi connectivity index (χ3v) is 10.3. The van der Waals surface area contributed by atoms with Gasteiger partial charge in [-0.15, -0.1) is 0 Å². The molecule has 2 N–H and O–H groups in total. The topological polar surface area (TPSA) is 102 Å². The number of alkyl halides is 1. The van der Waals surface area contributed by atoms with Crippen LogP contribution in [0.5, 0.6) is 0 Å². The van der Waals surface area contributed by atoms with E-state index in [1.165, 1.54) is 32.2 Å². The molecule has 2 bridgehead atoms. The summed E-state index contributed by atoms with van der Waals surface area (Å²) >= 11 is 5.90. The minimum absolute atomic E-state index is 0.150. The van der Waals surface area contributed by atoms with Crippen molar-refractivity contribution in [2.24, 2.45) is 10.7 Å². The number of halogens is 3. The molecule has 0 amide bonds. The summed E-state index contributed by atoms with van der Waals surface area (Å²) in [6.45, 7) is 4.30. The van der Waals surface area contributed by atoms with Crippen molar-refractivity contribution in [3.05, 3.63) is 63.7 Å². The first-order chi connectivity index (χ1) is 15.3. The van der Waals surface area contributed by atoms with E-state index < -0.39 is 30.9 Å². The third-order valence-electron chi connectivity index (χ3n) is 7.01. The van der Waals surface area contributed by atoms with E-state index in [9.17, 15) is 13.2 Å². The summed E-state index contributed by atoms with van der Waals surface area (Å²) in [7, 11) is -4.45. The molecule has 0 aliphatic carbocycles. The van der Waals surface area contributed by atoms with E-state index in [0.29, 0.717) is 16.1 Å². The second-order valence-corrected chi connectivity index (χ2v) is 12.1. The number of hydrogen-bond donors (Lipinski definition) is 1. The van der Waals surface area contributed by atoms with Gasteiger partial charge in [-0.3, -0.25) is 14.8 Å². The Morgan fingerprint density at radius 2 is 1.94 bits per heavy atom. The molecule has 4 rings (SSSR count). The Hall–Kier alpha value is -2.39. The molecule has 1 fully saturated rings. The first-order valence-corrected chi connectivity index (χ1v) is 12.4. The number of Topliss-reactive ketones (excluding diaryl/α,β-unsaturated/α-hetero) is 1. The molecular formula is C23H24ClF2N3O3S. The second-order valence-electron chi connectivity index (χ2n) is 9.12. The van der Waals surface area contributed by atoms with E-state index in [4.69, 9.17) is 17.3 Å². The van der Waals surface area contributed by atoms with Crippen molar-refractivity contribution in [2.45, 2.75) is 61.7 Å². The molecule has 1 saturated heterocycles. The van der Waals surface area contributed by atoms with Crippen LogP contribution >= 0.6 is 11.6 Å². The normalized spacial score (nSPS) is 30.5. The van der Waals surface area contributed by atoms with Crippen LogP contribution in [0.3, 0.4) is 0 Å². The van der Waals surface area contributed by atoms with E-state index in [0.717, 1.165) is 6.07 Å². The summed E-state index contributed by atoms with van der Waals surface area (Å²) in [5.74, 6) is -1.40. The van der Waals surface area contributed by atoms with Crippen molar-refractivity contribution < 1.29 is 22.0 Å². The quantitative estimate of drug-likeness (QED) is 0.640. The number of carbonyl (C=O) groups is 1. The predicted molar refractivity (Wildman–Crippen MR) is 122 cm³/mol. The fraction of sp³-hybridized carbons (Fsp3) is 0.435. The van der Waals surface area contributed by atoms with Gasteiger partial charge in [-0.2, -0.15) is 0 Å². The van der Waals surface area contributed by atoms with Crippen LogP contribution in [0, 0.1) is 12.7 Å². The molecule has 1 aromatic carbocycles. The molecule has 0 unspecified atom stereocenters. The summed E-state index contributed by atoms with van der Waals surface area (Å²) < 4.78 is 56.5. The van der Waals surface area contributed by atoms with Gasteiger partial charge in [-0.1, -0.05) is 17.7 Å². The molecule has 6 nitrogen and oxygen atoms in total. The molecule has 2 aromatic rings. The van der Waals surface area contributed by atoms with Gasteiger partial charge in [0.05, 0.1) is 5.02 Å². The molecule has 0 spiro atoms. The minimum Gasteiger partial charge on any atom is -0.386 e. The van der Waals surface area contributed by atoms with Gasteiger partial charge in [-0.05, 0) is 69.4 Å². The van der Waals surface area contributed by atoms with Crippen LogP contribution in [0.2, 0.25) is 5.02 Å². The van der Waals surface area contributed by atoms with E-state index >= 15 is 8.78 Å². The molecule has 0 radical (unpaired) electrons. The number of ketones is 1. The van der Waals surface area contributed by atoms with E-state index in [-0.39, 0.29) is 48.6 Å². The Balaban J connectivity index is 1.81. The molecule has 2 aliphatic rings. The highest BCUT2D eigenvalue weighted by Gasteiger charge is 2.71. The summed E-state index contributed by atoms with van der Waals surface area (Å²) in [5, 5.41) is -2.45. The first kappa shape index (κ1) is 23.8. The van der Waals surface area contributed by atoms with Gasteiger partial charge in [-0.25, -0.2) is 17.2 Å². The molecule has 33 heavy (non-hydrogen) atoms. The van der Waals surface area contributed by atoms with Crippen molar-refractivity contribution in [1.29, 1.82) is 0 Å². The molecule has 0 saturated carbocycles. The molecule has 3 atom stereocenters. The second kappa shape index (κ2) is 7.56. The minimum atomic E-state index is -4.45. The number of sulfone groups is 1. The Bertz CT molecular complexity index is 1320. The zero-order valence-corrected chi connectivity index (χ0v) is 20.0. The van der Waals surface area contributed by atoms with Gasteiger partial charge in [0.2, 0.25) is 14.8 Å². The first-order valence-electron chi connectivity index (χ1n) is 10.5. The molecule has 176 valence electrons. The van der Waals surface area contributed by atoms with Crippen molar-refractivity contribution in [3.63, 3.8) is 0 Å². The lowest BCUT2D eigenvalue weighted by molar-refractivity contribution is 0.0987. The molecular weight excluding hydrogens is 472 g/mol. The van der Waals surface area contributed by atoms with Crippen molar-refractivity contribution in [1.82, 2.24) is 4.98 Å². The van der Waals surface area contributed by atoms with Crippen molar-refractivity contribution >= 4 is 33.1 Å². The molecule has 2 aliphatic heterocycles. The fourth-order valence-electron chi connectivity index (χ4n) is 4.91. The number of amidine groups is 1. The standard InChI is InChI=1S/C23H24ClF2N3O3S/c1-13-9-15(24)12-28-19(13)18(30)11-14-5-6-17(25)16(10-14)22(3)23(26)8-4-7-21(2,20(27)29-22)33(23,31)32/h5-6,9-10,12H,4,7-8,11H2,1-3H3,(H2,27,29)/t21-,22-,23+/m1/s1. The SMILES string of the molecule is Cc1cc(Cl)cnc1C(=O)Cc1ccc(F)c([C@@]2(C)N=C(N)[C@@]3(C)CCC[C@]2(F)S3(=O)=O)c1. The lowest BCUT2D eigenvalue weighted by atomic mass is 9.80. The van der Waals surface area contributed by atoms with Crippen LogP contribution in [0.4, 0.5) is 8.78 Å². The Morgan fingerprint density at radius 1 is 1.24 bits per heavy atom. The van der Waals surface area contributed by atoms with Crippen LogP contribution in [-0.2, 0) is 21.8 Å².